The Balaban J connectivity index is 2.54. The van der Waals surface area contributed by atoms with Crippen molar-refractivity contribution in [1.29, 1.82) is 0 Å². The summed E-state index contributed by atoms with van der Waals surface area (Å²) < 4.78 is 0. The molecule has 1 heterocycles. The fourth-order valence-corrected chi connectivity index (χ4v) is 3.82. The van der Waals surface area contributed by atoms with Crippen molar-refractivity contribution in [3.63, 3.8) is 0 Å². The van der Waals surface area contributed by atoms with Gasteiger partial charge in [-0.3, -0.25) is 4.90 Å². The van der Waals surface area contributed by atoms with Crippen LogP contribution in [-0.4, -0.2) is 39.5 Å². The second-order valence-electron chi connectivity index (χ2n) is 4.44. The maximum absolute atomic E-state index is 5.64. The van der Waals surface area contributed by atoms with E-state index in [0.717, 1.165) is 23.3 Å². The summed E-state index contributed by atoms with van der Waals surface area (Å²) in [6.45, 7) is 9.19. The molecule has 1 rings (SSSR count). The molecule has 4 heteroatoms. The van der Waals surface area contributed by atoms with E-state index in [0.29, 0.717) is 11.0 Å². The predicted octanol–water partition coefficient (Wildman–Crippen LogP) is 2.27. The van der Waals surface area contributed by atoms with E-state index in [-0.39, 0.29) is 0 Å². The first-order chi connectivity index (χ1) is 7.02. The molecule has 0 aliphatic carbocycles. The van der Waals surface area contributed by atoms with E-state index < -0.39 is 0 Å². The van der Waals surface area contributed by atoms with Crippen molar-refractivity contribution < 1.29 is 0 Å². The van der Waals surface area contributed by atoms with Gasteiger partial charge in [-0.2, -0.15) is 11.8 Å². The van der Waals surface area contributed by atoms with E-state index >= 15 is 0 Å². The topological polar surface area (TPSA) is 29.3 Å². The first kappa shape index (κ1) is 13.3. The van der Waals surface area contributed by atoms with E-state index in [4.69, 9.17) is 18.0 Å². The van der Waals surface area contributed by atoms with Crippen molar-refractivity contribution >= 4 is 29.0 Å². The molecule has 0 aromatic carbocycles. The molecule has 0 spiro atoms. The Morgan fingerprint density at radius 2 is 2.00 bits per heavy atom. The third-order valence-corrected chi connectivity index (χ3v) is 4.27. The summed E-state index contributed by atoms with van der Waals surface area (Å²) in [5, 5.41) is 1.46. The average Bonchev–Trinajstić information content (AvgIpc) is 2.12. The summed E-state index contributed by atoms with van der Waals surface area (Å²) in [4.78, 5) is 3.21. The van der Waals surface area contributed by atoms with Crippen LogP contribution in [0.2, 0.25) is 0 Å². The van der Waals surface area contributed by atoms with Gasteiger partial charge in [0.2, 0.25) is 0 Å². The normalized spacial score (nSPS) is 30.1. The molecular weight excluding hydrogens is 224 g/mol. The van der Waals surface area contributed by atoms with Crippen molar-refractivity contribution in [3.8, 4) is 0 Å². The zero-order chi connectivity index (χ0) is 11.4. The van der Waals surface area contributed by atoms with Gasteiger partial charge < -0.3 is 5.73 Å². The molecular formula is C11H22N2S2. The monoisotopic (exact) mass is 246 g/mol. The lowest BCUT2D eigenvalue weighted by Gasteiger charge is -2.39. The molecule has 0 aromatic heterocycles. The number of thiocarbonyl (C=S) groups is 1. The second kappa shape index (κ2) is 6.06. The van der Waals surface area contributed by atoms with E-state index in [1.54, 1.807) is 0 Å². The van der Waals surface area contributed by atoms with Crippen LogP contribution >= 0.6 is 24.0 Å². The molecule has 88 valence electrons. The number of thioether (sulfide) groups is 1. The summed E-state index contributed by atoms with van der Waals surface area (Å²) in [6, 6.07) is 0.549. The van der Waals surface area contributed by atoms with Gasteiger partial charge in [0, 0.05) is 36.1 Å². The summed E-state index contributed by atoms with van der Waals surface area (Å²) in [7, 11) is 0. The quantitative estimate of drug-likeness (QED) is 0.771. The molecule has 2 N–H and O–H groups in total. The molecule has 1 aliphatic rings. The van der Waals surface area contributed by atoms with Crippen LogP contribution in [0, 0.1) is 0 Å². The molecule has 3 unspecified atom stereocenters. The van der Waals surface area contributed by atoms with Crippen LogP contribution < -0.4 is 5.73 Å². The molecule has 1 fully saturated rings. The standard InChI is InChI=1S/C11H22N2S2/c1-4-10(5-11(12)14)13-6-8(2)15-9(3)7-13/h8-10H,4-7H2,1-3H3,(H2,12,14). The Morgan fingerprint density at radius 1 is 1.47 bits per heavy atom. The maximum Gasteiger partial charge on any atom is 0.0743 e. The highest BCUT2D eigenvalue weighted by Crippen LogP contribution is 2.27. The van der Waals surface area contributed by atoms with Crippen LogP contribution in [0.4, 0.5) is 0 Å². The second-order valence-corrected chi connectivity index (χ2v) is 6.85. The maximum atomic E-state index is 5.64. The van der Waals surface area contributed by atoms with Crippen molar-refractivity contribution in [1.82, 2.24) is 4.90 Å². The van der Waals surface area contributed by atoms with Crippen molar-refractivity contribution in [2.24, 2.45) is 5.73 Å². The lowest BCUT2D eigenvalue weighted by atomic mass is 10.1. The smallest absolute Gasteiger partial charge is 0.0743 e. The molecule has 0 aromatic rings. The van der Waals surface area contributed by atoms with Crippen LogP contribution in [-0.2, 0) is 0 Å². The minimum Gasteiger partial charge on any atom is -0.393 e. The molecule has 0 radical (unpaired) electrons. The molecule has 1 aliphatic heterocycles. The zero-order valence-electron chi connectivity index (χ0n) is 9.90. The van der Waals surface area contributed by atoms with Crippen molar-refractivity contribution in [2.45, 2.75) is 50.2 Å². The van der Waals surface area contributed by atoms with Gasteiger partial charge in [-0.15, -0.1) is 0 Å². The fourth-order valence-electron chi connectivity index (χ4n) is 2.28. The molecule has 15 heavy (non-hydrogen) atoms. The van der Waals surface area contributed by atoms with Crippen LogP contribution in [0.5, 0.6) is 0 Å². The molecule has 2 nitrogen and oxygen atoms in total. The summed E-state index contributed by atoms with van der Waals surface area (Å²) in [5.41, 5.74) is 5.64. The van der Waals surface area contributed by atoms with Gasteiger partial charge in [-0.1, -0.05) is 33.0 Å². The molecule has 0 saturated carbocycles. The first-order valence-corrected chi connectivity index (χ1v) is 7.05. The van der Waals surface area contributed by atoms with E-state index in [9.17, 15) is 0 Å². The average molecular weight is 246 g/mol. The number of hydrogen-bond donors (Lipinski definition) is 1. The largest absolute Gasteiger partial charge is 0.393 e. The molecule has 3 atom stereocenters. The molecule has 0 bridgehead atoms. The third kappa shape index (κ3) is 4.29. The summed E-state index contributed by atoms with van der Waals surface area (Å²) >= 11 is 7.10. The number of hydrogen-bond acceptors (Lipinski definition) is 3. The Labute approximate surface area is 103 Å². The summed E-state index contributed by atoms with van der Waals surface area (Å²) in [6.07, 6.45) is 2.01. The van der Waals surface area contributed by atoms with Gasteiger partial charge >= 0.3 is 0 Å². The molecule has 0 amide bonds. The van der Waals surface area contributed by atoms with Crippen LogP contribution in [0.1, 0.15) is 33.6 Å². The van der Waals surface area contributed by atoms with Crippen molar-refractivity contribution in [3.05, 3.63) is 0 Å². The highest BCUT2D eigenvalue weighted by Gasteiger charge is 2.27. The fraction of sp³-hybridized carbons (Fsp3) is 0.909. The Kier molecular flexibility index (Phi) is 5.36. The van der Waals surface area contributed by atoms with Gasteiger partial charge in [0.25, 0.3) is 0 Å². The lowest BCUT2D eigenvalue weighted by Crippen LogP contribution is -2.47. The van der Waals surface area contributed by atoms with E-state index in [1.165, 1.54) is 13.1 Å². The van der Waals surface area contributed by atoms with Gasteiger partial charge in [0.1, 0.15) is 0 Å². The predicted molar refractivity (Wildman–Crippen MR) is 73.6 cm³/mol. The van der Waals surface area contributed by atoms with Gasteiger partial charge in [-0.25, -0.2) is 0 Å². The minimum atomic E-state index is 0.549. The van der Waals surface area contributed by atoms with Crippen LogP contribution in [0.15, 0.2) is 0 Å². The minimum absolute atomic E-state index is 0.549. The van der Waals surface area contributed by atoms with E-state index in [1.807, 2.05) is 0 Å². The summed E-state index contributed by atoms with van der Waals surface area (Å²) in [5.74, 6) is 0. The Bertz CT molecular complexity index is 211. The van der Waals surface area contributed by atoms with Gasteiger partial charge in [-0.05, 0) is 6.42 Å². The van der Waals surface area contributed by atoms with Crippen molar-refractivity contribution in [2.75, 3.05) is 13.1 Å². The Morgan fingerprint density at radius 3 is 2.40 bits per heavy atom. The van der Waals surface area contributed by atoms with Gasteiger partial charge in [0.05, 0.1) is 4.99 Å². The first-order valence-electron chi connectivity index (χ1n) is 5.70. The Hall–Kier alpha value is 0.200. The highest BCUT2D eigenvalue weighted by atomic mass is 32.2. The molecule has 1 saturated heterocycles. The third-order valence-electron chi connectivity index (χ3n) is 2.87. The van der Waals surface area contributed by atoms with Crippen LogP contribution in [0.25, 0.3) is 0 Å². The highest BCUT2D eigenvalue weighted by molar-refractivity contribution is 8.00. The van der Waals surface area contributed by atoms with Gasteiger partial charge in [0.15, 0.2) is 0 Å². The van der Waals surface area contributed by atoms with E-state index in [2.05, 4.69) is 37.4 Å². The van der Waals surface area contributed by atoms with Crippen LogP contribution in [0.3, 0.4) is 0 Å². The number of rotatable bonds is 4. The number of nitrogens with zero attached hydrogens (tertiary/aromatic N) is 1. The SMILES string of the molecule is CCC(CC(N)=S)N1CC(C)SC(C)C1. The number of nitrogens with two attached hydrogens (primary N) is 1. The zero-order valence-corrected chi connectivity index (χ0v) is 11.5. The lowest BCUT2D eigenvalue weighted by molar-refractivity contribution is 0.193.